The number of carbonyl (C=O) groups excluding carboxylic acids is 2. The molecule has 1 aliphatic carbocycles. The van der Waals surface area contributed by atoms with E-state index in [9.17, 15) is 9.59 Å². The van der Waals surface area contributed by atoms with E-state index in [0.717, 1.165) is 31.2 Å². The summed E-state index contributed by atoms with van der Waals surface area (Å²) in [7, 11) is 0. The second kappa shape index (κ2) is 8.86. The highest BCUT2D eigenvalue weighted by Crippen LogP contribution is 2.26. The Morgan fingerprint density at radius 3 is 2.48 bits per heavy atom. The number of hydrogen-bond donors (Lipinski definition) is 2. The lowest BCUT2D eigenvalue weighted by Crippen LogP contribution is -2.40. The number of carbonyl (C=O) groups is 2. The van der Waals surface area contributed by atoms with Gasteiger partial charge >= 0.3 is 0 Å². The third-order valence-corrected chi connectivity index (χ3v) is 5.00. The second-order valence-corrected chi connectivity index (χ2v) is 7.18. The number of nitrogens with two attached hydrogens (primary N) is 1. The quantitative estimate of drug-likeness (QED) is 0.815. The van der Waals surface area contributed by atoms with Crippen molar-refractivity contribution >= 4 is 17.5 Å². The molecule has 0 bridgehead atoms. The first kappa shape index (κ1) is 19.2. The number of benzene rings is 1. The van der Waals surface area contributed by atoms with Crippen molar-refractivity contribution in [2.45, 2.75) is 57.7 Å². The summed E-state index contributed by atoms with van der Waals surface area (Å²) in [6.45, 7) is 2.16. The monoisotopic (exact) mass is 369 g/mol. The Kier molecular flexibility index (Phi) is 6.29. The molecular formula is C21H27N3O3. The normalized spacial score (nSPS) is 15.9. The molecule has 6 heteroatoms. The molecule has 0 unspecified atom stereocenters. The minimum absolute atomic E-state index is 0.0683. The summed E-state index contributed by atoms with van der Waals surface area (Å²) in [5.74, 6) is 0.0854. The minimum Gasteiger partial charge on any atom is -0.459 e. The van der Waals surface area contributed by atoms with Gasteiger partial charge in [0.1, 0.15) is 0 Å². The first-order valence-electron chi connectivity index (χ1n) is 9.54. The predicted octanol–water partition coefficient (Wildman–Crippen LogP) is 3.54. The molecule has 1 aliphatic rings. The summed E-state index contributed by atoms with van der Waals surface area (Å²) in [6, 6.07) is 10.7. The fourth-order valence-electron chi connectivity index (χ4n) is 3.45. The van der Waals surface area contributed by atoms with E-state index in [4.69, 9.17) is 10.2 Å². The number of nitrogens with zero attached hydrogens (tertiary/aromatic N) is 1. The molecule has 1 heterocycles. The molecule has 0 spiro atoms. The van der Waals surface area contributed by atoms with Crippen molar-refractivity contribution < 1.29 is 14.0 Å². The molecule has 27 heavy (non-hydrogen) atoms. The molecule has 1 saturated carbocycles. The van der Waals surface area contributed by atoms with Crippen molar-refractivity contribution in [3.05, 3.63) is 54.0 Å². The molecule has 0 radical (unpaired) electrons. The lowest BCUT2D eigenvalue weighted by molar-refractivity contribution is -0.117. The van der Waals surface area contributed by atoms with Crippen molar-refractivity contribution in [1.82, 2.24) is 4.90 Å². The Labute approximate surface area is 159 Å². The lowest BCUT2D eigenvalue weighted by Gasteiger charge is -2.34. The van der Waals surface area contributed by atoms with E-state index in [-0.39, 0.29) is 17.9 Å². The van der Waals surface area contributed by atoms with Gasteiger partial charge in [0.25, 0.3) is 5.91 Å². The Hall–Kier alpha value is -2.60. The van der Waals surface area contributed by atoms with Gasteiger partial charge in [0.15, 0.2) is 5.76 Å². The molecule has 1 atom stereocenters. The van der Waals surface area contributed by atoms with Gasteiger partial charge in [0, 0.05) is 18.3 Å². The first-order chi connectivity index (χ1) is 13.0. The third kappa shape index (κ3) is 4.98. The maximum absolute atomic E-state index is 13.0. The maximum atomic E-state index is 13.0. The second-order valence-electron chi connectivity index (χ2n) is 7.18. The summed E-state index contributed by atoms with van der Waals surface area (Å²) >= 11 is 0. The van der Waals surface area contributed by atoms with Gasteiger partial charge in [-0.05, 0) is 49.6 Å². The molecule has 1 aromatic heterocycles. The molecule has 3 N–H and O–H groups in total. The third-order valence-electron chi connectivity index (χ3n) is 5.00. The van der Waals surface area contributed by atoms with Crippen molar-refractivity contribution in [1.29, 1.82) is 0 Å². The van der Waals surface area contributed by atoms with Gasteiger partial charge in [-0.15, -0.1) is 0 Å². The summed E-state index contributed by atoms with van der Waals surface area (Å²) in [4.78, 5) is 26.6. The fraction of sp³-hybridized carbons (Fsp3) is 0.429. The number of furan rings is 1. The Bertz CT molecular complexity index is 747. The van der Waals surface area contributed by atoms with Crippen molar-refractivity contribution in [3.63, 3.8) is 0 Å². The highest BCUT2D eigenvalue weighted by molar-refractivity contribution is 5.94. The van der Waals surface area contributed by atoms with Gasteiger partial charge in [0.2, 0.25) is 5.91 Å². The van der Waals surface area contributed by atoms with Crippen LogP contribution in [-0.2, 0) is 11.3 Å². The minimum atomic E-state index is -0.558. The number of nitrogens with one attached hydrogen (secondary N) is 1. The number of amides is 2. The van der Waals surface area contributed by atoms with Crippen LogP contribution in [0, 0.1) is 0 Å². The van der Waals surface area contributed by atoms with E-state index in [2.05, 4.69) is 5.32 Å². The number of hydrogen-bond acceptors (Lipinski definition) is 4. The molecule has 0 aliphatic heterocycles. The topological polar surface area (TPSA) is 88.6 Å². The molecule has 1 aromatic carbocycles. The Morgan fingerprint density at radius 1 is 1.19 bits per heavy atom. The standard InChI is InChI=1S/C21H27N3O3/c1-15(22)20(25)23-17-11-9-16(10-12-17)14-24(18-6-3-2-4-7-18)21(26)19-8-5-13-27-19/h5,8-13,15,18H,2-4,6-7,14,22H2,1H3,(H,23,25)/t15-/m0/s1. The van der Waals surface area contributed by atoms with Gasteiger partial charge in [-0.1, -0.05) is 31.4 Å². The summed E-state index contributed by atoms with van der Waals surface area (Å²) in [5.41, 5.74) is 7.29. The molecule has 2 aromatic rings. The van der Waals surface area contributed by atoms with Crippen LogP contribution in [0.2, 0.25) is 0 Å². The van der Waals surface area contributed by atoms with E-state index >= 15 is 0 Å². The number of anilines is 1. The highest BCUT2D eigenvalue weighted by atomic mass is 16.3. The van der Waals surface area contributed by atoms with Crippen LogP contribution in [-0.4, -0.2) is 28.8 Å². The van der Waals surface area contributed by atoms with E-state index in [1.165, 1.54) is 12.7 Å². The first-order valence-corrected chi connectivity index (χ1v) is 9.54. The molecular weight excluding hydrogens is 342 g/mol. The fourth-order valence-corrected chi connectivity index (χ4v) is 3.45. The molecule has 2 amide bonds. The van der Waals surface area contributed by atoms with Gasteiger partial charge in [-0.2, -0.15) is 0 Å². The highest BCUT2D eigenvalue weighted by Gasteiger charge is 2.27. The maximum Gasteiger partial charge on any atom is 0.290 e. The van der Waals surface area contributed by atoms with Crippen LogP contribution in [0.25, 0.3) is 0 Å². The Morgan fingerprint density at radius 2 is 1.89 bits per heavy atom. The number of rotatable bonds is 6. The smallest absolute Gasteiger partial charge is 0.290 e. The molecule has 0 saturated heterocycles. The van der Waals surface area contributed by atoms with Crippen LogP contribution in [0.1, 0.15) is 55.1 Å². The molecule has 6 nitrogen and oxygen atoms in total. The van der Waals surface area contributed by atoms with Crippen molar-refractivity contribution in [2.24, 2.45) is 5.73 Å². The van der Waals surface area contributed by atoms with Crippen LogP contribution in [0.4, 0.5) is 5.69 Å². The summed E-state index contributed by atoms with van der Waals surface area (Å²) < 4.78 is 5.34. The van der Waals surface area contributed by atoms with E-state index < -0.39 is 6.04 Å². The SMILES string of the molecule is C[C@H](N)C(=O)Nc1ccc(CN(C(=O)c2ccco2)C2CCCCC2)cc1. The molecule has 3 rings (SSSR count). The summed E-state index contributed by atoms with van der Waals surface area (Å²) in [6.07, 6.45) is 7.10. The van der Waals surface area contributed by atoms with Crippen molar-refractivity contribution in [2.75, 3.05) is 5.32 Å². The van der Waals surface area contributed by atoms with Gasteiger partial charge in [0.05, 0.1) is 12.3 Å². The van der Waals surface area contributed by atoms with Crippen LogP contribution in [0.5, 0.6) is 0 Å². The zero-order valence-electron chi connectivity index (χ0n) is 15.7. The predicted molar refractivity (Wildman–Crippen MR) is 104 cm³/mol. The average Bonchev–Trinajstić information content (AvgIpc) is 3.22. The average molecular weight is 369 g/mol. The molecule has 144 valence electrons. The van der Waals surface area contributed by atoms with Crippen molar-refractivity contribution in [3.8, 4) is 0 Å². The van der Waals surface area contributed by atoms with Gasteiger partial charge in [-0.3, -0.25) is 9.59 Å². The van der Waals surface area contributed by atoms with E-state index in [0.29, 0.717) is 18.0 Å². The zero-order chi connectivity index (χ0) is 19.2. The molecule has 1 fully saturated rings. The Balaban J connectivity index is 1.73. The largest absolute Gasteiger partial charge is 0.459 e. The zero-order valence-corrected chi connectivity index (χ0v) is 15.7. The summed E-state index contributed by atoms with van der Waals surface area (Å²) in [5, 5.41) is 2.77. The van der Waals surface area contributed by atoms with E-state index in [1.807, 2.05) is 29.2 Å². The van der Waals surface area contributed by atoms with Crippen LogP contribution < -0.4 is 11.1 Å². The van der Waals surface area contributed by atoms with Gasteiger partial charge in [-0.25, -0.2) is 0 Å². The lowest BCUT2D eigenvalue weighted by atomic mass is 9.93. The van der Waals surface area contributed by atoms with Crippen LogP contribution in [0.15, 0.2) is 47.1 Å². The van der Waals surface area contributed by atoms with Crippen LogP contribution >= 0.6 is 0 Å². The van der Waals surface area contributed by atoms with Crippen LogP contribution in [0.3, 0.4) is 0 Å². The van der Waals surface area contributed by atoms with Gasteiger partial charge < -0.3 is 20.4 Å². The van der Waals surface area contributed by atoms with E-state index in [1.54, 1.807) is 19.1 Å².